The van der Waals surface area contributed by atoms with E-state index in [0.29, 0.717) is 35.4 Å². The van der Waals surface area contributed by atoms with Crippen molar-refractivity contribution >= 4 is 59.1 Å². The maximum atomic E-state index is 12.8. The third-order valence-corrected chi connectivity index (χ3v) is 8.75. The van der Waals surface area contributed by atoms with E-state index in [2.05, 4.69) is 4.99 Å². The van der Waals surface area contributed by atoms with Crippen molar-refractivity contribution in [3.05, 3.63) is 23.0 Å². The summed E-state index contributed by atoms with van der Waals surface area (Å²) in [5.41, 5.74) is 0.800. The number of carbonyl (C=O) groups is 1. The Bertz CT molecular complexity index is 1210. The molecule has 0 bridgehead atoms. The predicted molar refractivity (Wildman–Crippen MR) is 116 cm³/mol. The maximum absolute atomic E-state index is 12.8. The van der Waals surface area contributed by atoms with Crippen molar-refractivity contribution in [1.82, 2.24) is 8.87 Å². The molecule has 0 N–H and O–H groups in total. The summed E-state index contributed by atoms with van der Waals surface area (Å²) in [4.78, 5) is 17.7. The first-order valence-corrected chi connectivity index (χ1v) is 14.8. The second-order valence-corrected chi connectivity index (χ2v) is 12.9. The molecule has 2 aromatic rings. The Morgan fingerprint density at radius 2 is 2.00 bits per heavy atom. The SMILES string of the molecule is CSCCn1c(=NC(=O)C2CCCN2S(C)(=O)=O)sc2cc(S(C)(=O)=O)ccc21. The number of rotatable bonds is 6. The largest absolute Gasteiger partial charge is 0.316 e. The van der Waals surface area contributed by atoms with Crippen LogP contribution in [-0.2, 0) is 31.2 Å². The van der Waals surface area contributed by atoms with Crippen LogP contribution in [0.5, 0.6) is 0 Å². The van der Waals surface area contributed by atoms with Crippen LogP contribution < -0.4 is 4.80 Å². The average Bonchev–Trinajstić information content (AvgIpc) is 3.23. The van der Waals surface area contributed by atoms with Gasteiger partial charge in [-0.1, -0.05) is 11.3 Å². The number of hydrogen-bond acceptors (Lipinski definition) is 7. The molecule has 1 saturated heterocycles. The molecule has 29 heavy (non-hydrogen) atoms. The van der Waals surface area contributed by atoms with E-state index < -0.39 is 31.8 Å². The second-order valence-electron chi connectivity index (χ2n) is 6.91. The lowest BCUT2D eigenvalue weighted by molar-refractivity contribution is -0.121. The summed E-state index contributed by atoms with van der Waals surface area (Å²) in [6.45, 7) is 0.924. The summed E-state index contributed by atoms with van der Waals surface area (Å²) in [6, 6.07) is 4.08. The molecule has 0 aliphatic carbocycles. The predicted octanol–water partition coefficient (Wildman–Crippen LogP) is 1.32. The summed E-state index contributed by atoms with van der Waals surface area (Å²) in [6.07, 6.45) is 5.29. The van der Waals surface area contributed by atoms with Crippen molar-refractivity contribution in [1.29, 1.82) is 0 Å². The molecule has 160 valence electrons. The fourth-order valence-electron chi connectivity index (χ4n) is 3.32. The van der Waals surface area contributed by atoms with Crippen LogP contribution in [-0.4, -0.2) is 68.7 Å². The molecule has 2 heterocycles. The van der Waals surface area contributed by atoms with Gasteiger partial charge in [-0.2, -0.15) is 21.1 Å². The fourth-order valence-corrected chi connectivity index (χ4v) is 6.63. The molecule has 12 heteroatoms. The minimum Gasteiger partial charge on any atom is -0.316 e. The molecule has 1 aliphatic rings. The van der Waals surface area contributed by atoms with Crippen molar-refractivity contribution in [3.8, 4) is 0 Å². The minimum absolute atomic E-state index is 0.209. The van der Waals surface area contributed by atoms with Crippen LogP contribution in [0.1, 0.15) is 12.8 Å². The standard InChI is InChI=1S/C17H23N3O5S4/c1-26-10-9-19-13-7-6-12(28(2,22)23)11-15(13)27-17(19)18-16(21)14-5-4-8-20(14)29(3,24)25/h6-7,11,14H,4-5,8-10H2,1-3H3. The van der Waals surface area contributed by atoms with E-state index in [1.54, 1.807) is 30.0 Å². The molecule has 1 unspecified atom stereocenters. The number of sulfone groups is 1. The van der Waals surface area contributed by atoms with Gasteiger partial charge in [0.2, 0.25) is 10.0 Å². The highest BCUT2D eigenvalue weighted by Gasteiger charge is 2.36. The monoisotopic (exact) mass is 477 g/mol. The van der Waals surface area contributed by atoms with Crippen molar-refractivity contribution in [2.24, 2.45) is 4.99 Å². The van der Waals surface area contributed by atoms with E-state index >= 15 is 0 Å². The number of thiazole rings is 1. The van der Waals surface area contributed by atoms with Gasteiger partial charge < -0.3 is 4.57 Å². The van der Waals surface area contributed by atoms with Crippen LogP contribution in [0.3, 0.4) is 0 Å². The van der Waals surface area contributed by atoms with Gasteiger partial charge in [0, 0.05) is 25.1 Å². The Labute approximate surface area is 178 Å². The molecular formula is C17H23N3O5S4. The van der Waals surface area contributed by atoms with Crippen LogP contribution in [0.2, 0.25) is 0 Å². The number of amides is 1. The van der Waals surface area contributed by atoms with E-state index in [1.807, 2.05) is 10.8 Å². The first-order valence-electron chi connectivity index (χ1n) is 8.90. The molecule has 8 nitrogen and oxygen atoms in total. The molecule has 1 fully saturated rings. The number of aromatic nitrogens is 1. The normalized spacial score (nSPS) is 19.3. The lowest BCUT2D eigenvalue weighted by Crippen LogP contribution is -2.40. The van der Waals surface area contributed by atoms with Crippen LogP contribution in [0.25, 0.3) is 10.2 Å². The van der Waals surface area contributed by atoms with Crippen LogP contribution in [0.4, 0.5) is 0 Å². The van der Waals surface area contributed by atoms with Gasteiger partial charge in [0.15, 0.2) is 14.6 Å². The molecule has 1 aromatic heterocycles. The van der Waals surface area contributed by atoms with Gasteiger partial charge in [0.1, 0.15) is 6.04 Å². The molecule has 1 atom stereocenters. The lowest BCUT2D eigenvalue weighted by Gasteiger charge is -2.18. The van der Waals surface area contributed by atoms with Gasteiger partial charge in [-0.15, -0.1) is 0 Å². The summed E-state index contributed by atoms with van der Waals surface area (Å²) in [5, 5.41) is 0. The molecule has 3 rings (SSSR count). The second kappa shape index (κ2) is 8.50. The van der Waals surface area contributed by atoms with E-state index in [4.69, 9.17) is 0 Å². The topological polar surface area (TPSA) is 106 Å². The number of hydrogen-bond donors (Lipinski definition) is 0. The fraction of sp³-hybridized carbons (Fsp3) is 0.529. The molecule has 0 saturated carbocycles. The van der Waals surface area contributed by atoms with Gasteiger partial charge in [0.25, 0.3) is 5.91 Å². The average molecular weight is 478 g/mol. The maximum Gasteiger partial charge on any atom is 0.266 e. The number of carbonyl (C=O) groups excluding carboxylic acids is 1. The van der Waals surface area contributed by atoms with Gasteiger partial charge in [-0.3, -0.25) is 4.79 Å². The van der Waals surface area contributed by atoms with Gasteiger partial charge in [-0.05, 0) is 37.3 Å². The smallest absolute Gasteiger partial charge is 0.266 e. The van der Waals surface area contributed by atoms with Crippen molar-refractivity contribution in [3.63, 3.8) is 0 Å². The van der Waals surface area contributed by atoms with Crippen molar-refractivity contribution in [2.45, 2.75) is 30.3 Å². The quantitative estimate of drug-likeness (QED) is 0.621. The van der Waals surface area contributed by atoms with E-state index in [1.165, 1.54) is 15.6 Å². The van der Waals surface area contributed by atoms with Gasteiger partial charge >= 0.3 is 0 Å². The van der Waals surface area contributed by atoms with E-state index in [-0.39, 0.29) is 4.90 Å². The zero-order valence-corrected chi connectivity index (χ0v) is 19.6. The highest BCUT2D eigenvalue weighted by atomic mass is 32.2. The number of nitrogens with zero attached hydrogens (tertiary/aromatic N) is 3. The summed E-state index contributed by atoms with van der Waals surface area (Å²) >= 11 is 2.88. The zero-order valence-electron chi connectivity index (χ0n) is 16.4. The molecular weight excluding hydrogens is 454 g/mol. The third kappa shape index (κ3) is 4.93. The summed E-state index contributed by atoms with van der Waals surface area (Å²) in [7, 11) is -6.83. The van der Waals surface area contributed by atoms with Gasteiger partial charge in [-0.25, -0.2) is 16.8 Å². The number of aryl methyl sites for hydroxylation is 1. The first kappa shape index (κ1) is 22.5. The molecule has 1 amide bonds. The van der Waals surface area contributed by atoms with Crippen LogP contribution in [0, 0.1) is 0 Å². The first-order chi connectivity index (χ1) is 13.5. The molecule has 1 aromatic carbocycles. The Balaban J connectivity index is 2.10. The minimum atomic E-state index is -3.48. The third-order valence-electron chi connectivity index (χ3n) is 4.72. The highest BCUT2D eigenvalue weighted by molar-refractivity contribution is 7.98. The molecule has 0 spiro atoms. The van der Waals surface area contributed by atoms with Crippen molar-refractivity contribution in [2.75, 3.05) is 31.1 Å². The molecule has 1 aliphatic heterocycles. The van der Waals surface area contributed by atoms with E-state index in [0.717, 1.165) is 23.8 Å². The number of fused-ring (bicyclic) bond motifs is 1. The van der Waals surface area contributed by atoms with E-state index in [9.17, 15) is 21.6 Å². The van der Waals surface area contributed by atoms with Crippen LogP contribution >= 0.6 is 23.1 Å². The Kier molecular flexibility index (Phi) is 6.59. The Morgan fingerprint density at radius 1 is 1.28 bits per heavy atom. The number of thioether (sulfide) groups is 1. The lowest BCUT2D eigenvalue weighted by atomic mass is 10.2. The zero-order chi connectivity index (χ0) is 21.4. The molecule has 0 radical (unpaired) electrons. The van der Waals surface area contributed by atoms with Crippen LogP contribution in [0.15, 0.2) is 28.1 Å². The summed E-state index contributed by atoms with van der Waals surface area (Å²) in [5.74, 6) is 0.306. The summed E-state index contributed by atoms with van der Waals surface area (Å²) < 4.78 is 51.5. The highest BCUT2D eigenvalue weighted by Crippen LogP contribution is 2.24. The number of sulfonamides is 1. The van der Waals surface area contributed by atoms with Gasteiger partial charge in [0.05, 0.1) is 21.4 Å². The van der Waals surface area contributed by atoms with Crippen molar-refractivity contribution < 1.29 is 21.6 Å². The Hall–Kier alpha value is -1.21. The number of benzene rings is 1. The Morgan fingerprint density at radius 3 is 2.62 bits per heavy atom.